The molecular weight excluding hydrogens is 310 g/mol. The molecule has 114 valence electrons. The van der Waals surface area contributed by atoms with Crippen LogP contribution in [0.1, 0.15) is 31.2 Å². The first-order valence-electron chi connectivity index (χ1n) is 6.90. The second-order valence-corrected chi connectivity index (χ2v) is 7.38. The summed E-state index contributed by atoms with van der Waals surface area (Å²) in [6.45, 7) is 0.266. The average molecular weight is 328 g/mol. The average Bonchev–Trinajstić information content (AvgIpc) is 2.99. The van der Waals surface area contributed by atoms with Gasteiger partial charge in [0, 0.05) is 12.6 Å². The highest BCUT2D eigenvalue weighted by molar-refractivity contribution is 7.89. The van der Waals surface area contributed by atoms with Gasteiger partial charge in [-0.25, -0.2) is 13.1 Å². The molecule has 1 aliphatic carbocycles. The van der Waals surface area contributed by atoms with Crippen molar-refractivity contribution in [2.45, 2.75) is 36.6 Å². The maximum atomic E-state index is 12.4. The Hall–Kier alpha value is -1.13. The zero-order valence-electron chi connectivity index (χ0n) is 11.5. The third kappa shape index (κ3) is 3.74. The van der Waals surface area contributed by atoms with Crippen LogP contribution in [-0.4, -0.2) is 21.0 Å². The summed E-state index contributed by atoms with van der Waals surface area (Å²) < 4.78 is 27.5. The lowest BCUT2D eigenvalue weighted by Gasteiger charge is -2.23. The number of hydrogen-bond donors (Lipinski definition) is 2. The Morgan fingerprint density at radius 1 is 1.43 bits per heavy atom. The summed E-state index contributed by atoms with van der Waals surface area (Å²) in [5, 5.41) is 9.18. The van der Waals surface area contributed by atoms with Gasteiger partial charge in [-0.15, -0.1) is 0 Å². The van der Waals surface area contributed by atoms with Gasteiger partial charge in [-0.1, -0.05) is 24.4 Å². The maximum absolute atomic E-state index is 12.4. The summed E-state index contributed by atoms with van der Waals surface area (Å²) in [5.74, 6) is 0.285. The van der Waals surface area contributed by atoms with Gasteiger partial charge in [0.1, 0.15) is 6.07 Å². The Balaban J connectivity index is 2.23. The Bertz CT molecular complexity index is 649. The second-order valence-electron chi connectivity index (χ2n) is 5.26. The molecule has 7 heteroatoms. The fraction of sp³-hybridized carbons (Fsp3) is 0.500. The molecule has 1 aliphatic rings. The normalized spacial score (nSPS) is 17.6. The fourth-order valence-electron chi connectivity index (χ4n) is 2.72. The molecule has 21 heavy (non-hydrogen) atoms. The summed E-state index contributed by atoms with van der Waals surface area (Å²) in [6, 6.07) is 5.72. The van der Waals surface area contributed by atoms with Crippen molar-refractivity contribution in [2.24, 2.45) is 11.7 Å². The first-order valence-corrected chi connectivity index (χ1v) is 8.76. The molecule has 0 bridgehead atoms. The van der Waals surface area contributed by atoms with E-state index in [4.69, 9.17) is 22.6 Å². The molecule has 0 aliphatic heterocycles. The minimum atomic E-state index is -3.70. The molecule has 2 rings (SSSR count). The van der Waals surface area contributed by atoms with Crippen LogP contribution in [0.2, 0.25) is 5.02 Å². The molecule has 0 aromatic heterocycles. The highest BCUT2D eigenvalue weighted by Crippen LogP contribution is 2.28. The molecule has 0 heterocycles. The lowest BCUT2D eigenvalue weighted by Crippen LogP contribution is -2.44. The van der Waals surface area contributed by atoms with Gasteiger partial charge < -0.3 is 5.73 Å². The molecule has 0 radical (unpaired) electrons. The molecule has 1 atom stereocenters. The van der Waals surface area contributed by atoms with Gasteiger partial charge >= 0.3 is 0 Å². The number of halogens is 1. The minimum absolute atomic E-state index is 0.0416. The van der Waals surface area contributed by atoms with Crippen molar-refractivity contribution in [1.82, 2.24) is 4.72 Å². The molecule has 0 spiro atoms. The number of nitriles is 1. The van der Waals surface area contributed by atoms with E-state index in [1.165, 1.54) is 18.2 Å². The number of sulfonamides is 1. The van der Waals surface area contributed by atoms with Gasteiger partial charge in [-0.2, -0.15) is 5.26 Å². The number of nitrogens with two attached hydrogens (primary N) is 1. The Labute approximate surface area is 130 Å². The smallest absolute Gasteiger partial charge is 0.240 e. The van der Waals surface area contributed by atoms with E-state index in [-0.39, 0.29) is 34.0 Å². The SMILES string of the molecule is N#Cc1cc(S(=O)(=O)NC(CN)C2CCCC2)ccc1Cl. The number of rotatable bonds is 5. The third-order valence-electron chi connectivity index (χ3n) is 3.90. The topological polar surface area (TPSA) is 96.0 Å². The largest absolute Gasteiger partial charge is 0.329 e. The molecular formula is C14H18ClN3O2S. The zero-order valence-corrected chi connectivity index (χ0v) is 13.1. The van der Waals surface area contributed by atoms with E-state index >= 15 is 0 Å². The Kier molecular flexibility index (Phi) is 5.22. The molecule has 1 aromatic rings. The van der Waals surface area contributed by atoms with Crippen molar-refractivity contribution in [1.29, 1.82) is 5.26 Å². The fourth-order valence-corrected chi connectivity index (χ4v) is 4.22. The van der Waals surface area contributed by atoms with Crippen LogP contribution in [0.15, 0.2) is 23.1 Å². The molecule has 1 fully saturated rings. The molecule has 1 saturated carbocycles. The van der Waals surface area contributed by atoms with E-state index < -0.39 is 10.0 Å². The first kappa shape index (κ1) is 16.2. The van der Waals surface area contributed by atoms with Crippen LogP contribution in [0, 0.1) is 17.2 Å². The van der Waals surface area contributed by atoms with Crippen LogP contribution in [0.5, 0.6) is 0 Å². The van der Waals surface area contributed by atoms with E-state index in [0.717, 1.165) is 25.7 Å². The number of hydrogen-bond acceptors (Lipinski definition) is 4. The minimum Gasteiger partial charge on any atom is -0.329 e. The number of nitrogens with one attached hydrogen (secondary N) is 1. The zero-order chi connectivity index (χ0) is 15.5. The van der Waals surface area contributed by atoms with Crippen molar-refractivity contribution in [2.75, 3.05) is 6.54 Å². The summed E-state index contributed by atoms with van der Waals surface area (Å²) >= 11 is 5.83. The molecule has 3 N–H and O–H groups in total. The van der Waals surface area contributed by atoms with Crippen LogP contribution >= 0.6 is 11.6 Å². The van der Waals surface area contributed by atoms with Gasteiger partial charge in [0.05, 0.1) is 15.5 Å². The number of nitrogens with zero attached hydrogens (tertiary/aromatic N) is 1. The van der Waals surface area contributed by atoms with Crippen LogP contribution in [0.25, 0.3) is 0 Å². The van der Waals surface area contributed by atoms with Gasteiger partial charge in [0.15, 0.2) is 0 Å². The lowest BCUT2D eigenvalue weighted by molar-refractivity contribution is 0.405. The van der Waals surface area contributed by atoms with E-state index in [9.17, 15) is 8.42 Å². The van der Waals surface area contributed by atoms with Gasteiger partial charge in [0.25, 0.3) is 0 Å². The molecule has 5 nitrogen and oxygen atoms in total. The molecule has 1 aromatic carbocycles. The number of benzene rings is 1. The Morgan fingerprint density at radius 3 is 2.67 bits per heavy atom. The lowest BCUT2D eigenvalue weighted by atomic mass is 9.99. The van der Waals surface area contributed by atoms with Crippen molar-refractivity contribution in [3.63, 3.8) is 0 Å². The van der Waals surface area contributed by atoms with Gasteiger partial charge in [-0.3, -0.25) is 0 Å². The summed E-state index contributed by atoms with van der Waals surface area (Å²) in [7, 11) is -3.70. The van der Waals surface area contributed by atoms with Gasteiger partial charge in [0.2, 0.25) is 10.0 Å². The van der Waals surface area contributed by atoms with E-state index in [2.05, 4.69) is 4.72 Å². The third-order valence-corrected chi connectivity index (χ3v) is 5.72. The molecule has 0 saturated heterocycles. The van der Waals surface area contributed by atoms with E-state index in [1.807, 2.05) is 6.07 Å². The highest BCUT2D eigenvalue weighted by Gasteiger charge is 2.28. The van der Waals surface area contributed by atoms with Crippen molar-refractivity contribution in [3.8, 4) is 6.07 Å². The monoisotopic (exact) mass is 327 g/mol. The van der Waals surface area contributed by atoms with Crippen molar-refractivity contribution in [3.05, 3.63) is 28.8 Å². The van der Waals surface area contributed by atoms with Crippen molar-refractivity contribution >= 4 is 21.6 Å². The standard InChI is InChI=1S/C14H18ClN3O2S/c15-13-6-5-12(7-11(13)8-16)21(19,20)18-14(9-17)10-3-1-2-4-10/h5-7,10,14,18H,1-4,9,17H2. The summed E-state index contributed by atoms with van der Waals surface area (Å²) in [4.78, 5) is 0.0416. The first-order chi connectivity index (χ1) is 9.97. The molecule has 0 amide bonds. The van der Waals surface area contributed by atoms with E-state index in [1.54, 1.807) is 0 Å². The second kappa shape index (κ2) is 6.75. The van der Waals surface area contributed by atoms with Crippen LogP contribution < -0.4 is 10.5 Å². The van der Waals surface area contributed by atoms with Crippen LogP contribution in [0.4, 0.5) is 0 Å². The predicted molar refractivity (Wildman–Crippen MR) is 81.3 cm³/mol. The quantitative estimate of drug-likeness (QED) is 0.864. The highest BCUT2D eigenvalue weighted by atomic mass is 35.5. The summed E-state index contributed by atoms with van der Waals surface area (Å²) in [6.07, 6.45) is 4.22. The molecule has 1 unspecified atom stereocenters. The van der Waals surface area contributed by atoms with Crippen LogP contribution in [-0.2, 0) is 10.0 Å². The Morgan fingerprint density at radius 2 is 2.10 bits per heavy atom. The van der Waals surface area contributed by atoms with Gasteiger partial charge in [-0.05, 0) is 37.0 Å². The van der Waals surface area contributed by atoms with Crippen molar-refractivity contribution < 1.29 is 8.42 Å². The van der Waals surface area contributed by atoms with E-state index in [0.29, 0.717) is 0 Å². The summed E-state index contributed by atoms with van der Waals surface area (Å²) in [5.41, 5.74) is 5.86. The van der Waals surface area contributed by atoms with Crippen LogP contribution in [0.3, 0.4) is 0 Å². The predicted octanol–water partition coefficient (Wildman–Crippen LogP) is 2.01. The maximum Gasteiger partial charge on any atom is 0.240 e.